The van der Waals surface area contributed by atoms with Crippen LogP contribution in [0.25, 0.3) is 0 Å². The van der Waals surface area contributed by atoms with E-state index in [9.17, 15) is 18.0 Å². The largest absolute Gasteiger partial charge is 0.322 e. The lowest BCUT2D eigenvalue weighted by Gasteiger charge is -2.20. The summed E-state index contributed by atoms with van der Waals surface area (Å²) in [6, 6.07) is 6.55. The van der Waals surface area contributed by atoms with Crippen LogP contribution in [-0.4, -0.2) is 11.9 Å². The third-order valence-electron chi connectivity index (χ3n) is 3.70. The van der Waals surface area contributed by atoms with Crippen molar-refractivity contribution in [2.24, 2.45) is 0 Å². The monoisotopic (exact) mass is 336 g/mol. The van der Waals surface area contributed by atoms with Crippen molar-refractivity contribution in [1.29, 1.82) is 0 Å². The zero-order valence-corrected chi connectivity index (χ0v) is 13.7. The highest BCUT2D eigenvalue weighted by atomic mass is 19.1. The fourth-order valence-electron chi connectivity index (χ4n) is 2.36. The second-order valence-corrected chi connectivity index (χ2v) is 5.75. The number of hydrogen-bond donors (Lipinski definition) is 2. The van der Waals surface area contributed by atoms with Crippen LogP contribution >= 0.6 is 0 Å². The van der Waals surface area contributed by atoms with Crippen molar-refractivity contribution in [2.75, 3.05) is 5.32 Å². The third-order valence-corrected chi connectivity index (χ3v) is 3.70. The Morgan fingerprint density at radius 1 is 1.00 bits per heavy atom. The van der Waals surface area contributed by atoms with Gasteiger partial charge in [-0.15, -0.1) is 0 Å². The van der Waals surface area contributed by atoms with Crippen LogP contribution < -0.4 is 10.6 Å². The van der Waals surface area contributed by atoms with Gasteiger partial charge in [0.15, 0.2) is 0 Å². The van der Waals surface area contributed by atoms with Gasteiger partial charge in [0.1, 0.15) is 17.5 Å². The number of aryl methyl sites for hydroxylation is 1. The molecule has 0 aromatic heterocycles. The molecule has 0 heterocycles. The number of amides is 1. The van der Waals surface area contributed by atoms with Gasteiger partial charge < -0.3 is 5.32 Å². The van der Waals surface area contributed by atoms with Crippen LogP contribution in [0, 0.1) is 24.4 Å². The molecule has 2 aromatic rings. The molecule has 0 fully saturated rings. The average Bonchev–Trinajstić information content (AvgIpc) is 2.49. The van der Waals surface area contributed by atoms with Crippen molar-refractivity contribution in [3.05, 3.63) is 65.0 Å². The number of carbonyl (C=O) groups is 1. The van der Waals surface area contributed by atoms with Crippen molar-refractivity contribution in [3.8, 4) is 0 Å². The van der Waals surface area contributed by atoms with E-state index in [-0.39, 0.29) is 11.3 Å². The van der Waals surface area contributed by atoms with Crippen molar-refractivity contribution in [1.82, 2.24) is 5.32 Å². The summed E-state index contributed by atoms with van der Waals surface area (Å²) >= 11 is 0. The fourth-order valence-corrected chi connectivity index (χ4v) is 2.36. The first-order chi connectivity index (χ1) is 11.3. The molecule has 1 amide bonds. The second kappa shape index (κ2) is 7.49. The fraction of sp³-hybridized carbons (Fsp3) is 0.278. The van der Waals surface area contributed by atoms with Crippen molar-refractivity contribution in [2.45, 2.75) is 32.9 Å². The molecule has 0 aliphatic heterocycles. The summed E-state index contributed by atoms with van der Waals surface area (Å²) in [4.78, 5) is 12.2. The van der Waals surface area contributed by atoms with Crippen LogP contribution in [0.15, 0.2) is 36.4 Å². The highest BCUT2D eigenvalue weighted by molar-refractivity contribution is 5.94. The first-order valence-corrected chi connectivity index (χ1v) is 7.56. The van der Waals surface area contributed by atoms with Crippen LogP contribution in [0.1, 0.15) is 31.0 Å². The topological polar surface area (TPSA) is 41.1 Å². The number of hydrogen-bond acceptors (Lipinski definition) is 2. The minimum Gasteiger partial charge on any atom is -0.322 e. The molecular weight excluding hydrogens is 317 g/mol. The Bertz CT molecular complexity index is 749. The van der Waals surface area contributed by atoms with E-state index in [1.807, 2.05) is 0 Å². The van der Waals surface area contributed by atoms with Gasteiger partial charge in [-0.1, -0.05) is 12.1 Å². The van der Waals surface area contributed by atoms with E-state index in [2.05, 4.69) is 10.6 Å². The maximum absolute atomic E-state index is 13.8. The summed E-state index contributed by atoms with van der Waals surface area (Å²) in [6.07, 6.45) is 0. The second-order valence-electron chi connectivity index (χ2n) is 5.75. The number of halogens is 3. The lowest BCUT2D eigenvalue weighted by Crippen LogP contribution is -2.39. The van der Waals surface area contributed by atoms with Crippen LogP contribution in [-0.2, 0) is 4.79 Å². The molecule has 0 radical (unpaired) electrons. The zero-order chi connectivity index (χ0) is 17.9. The Morgan fingerprint density at radius 3 is 2.33 bits per heavy atom. The van der Waals surface area contributed by atoms with Crippen molar-refractivity contribution in [3.63, 3.8) is 0 Å². The molecule has 2 N–H and O–H groups in total. The molecule has 0 spiro atoms. The molecule has 2 rings (SSSR count). The SMILES string of the molecule is Cc1ccc(NC(=O)C(C)NC(C)c2ccc(F)cc2F)c(F)c1. The Balaban J connectivity index is 2.02. The van der Waals surface area contributed by atoms with Crippen LogP contribution in [0.5, 0.6) is 0 Å². The predicted molar refractivity (Wildman–Crippen MR) is 87.1 cm³/mol. The van der Waals surface area contributed by atoms with E-state index >= 15 is 0 Å². The lowest BCUT2D eigenvalue weighted by atomic mass is 10.1. The molecule has 2 aromatic carbocycles. The molecule has 0 saturated heterocycles. The summed E-state index contributed by atoms with van der Waals surface area (Å²) in [7, 11) is 0. The molecular formula is C18H19F3N2O. The first-order valence-electron chi connectivity index (χ1n) is 7.56. The summed E-state index contributed by atoms with van der Waals surface area (Å²) in [6.45, 7) is 4.99. The Hall–Kier alpha value is -2.34. The minimum absolute atomic E-state index is 0.0832. The van der Waals surface area contributed by atoms with E-state index in [0.29, 0.717) is 0 Å². The van der Waals surface area contributed by atoms with Gasteiger partial charge in [-0.3, -0.25) is 10.1 Å². The summed E-state index contributed by atoms with van der Waals surface area (Å²) in [5.74, 6) is -2.32. The highest BCUT2D eigenvalue weighted by Gasteiger charge is 2.19. The molecule has 24 heavy (non-hydrogen) atoms. The third kappa shape index (κ3) is 4.35. The zero-order valence-electron chi connectivity index (χ0n) is 13.7. The molecule has 0 aliphatic rings. The standard InChI is InChI=1S/C18H19F3N2O/c1-10-4-7-17(16(21)8-10)23-18(24)12(3)22-11(2)14-6-5-13(19)9-15(14)20/h4-9,11-12,22H,1-3H3,(H,23,24). The Morgan fingerprint density at radius 2 is 1.71 bits per heavy atom. The smallest absolute Gasteiger partial charge is 0.241 e. The van der Waals surface area contributed by atoms with Gasteiger partial charge in [0.05, 0.1) is 11.7 Å². The van der Waals surface area contributed by atoms with Crippen LogP contribution in [0.3, 0.4) is 0 Å². The van der Waals surface area contributed by atoms with E-state index in [4.69, 9.17) is 0 Å². The molecule has 0 aliphatic carbocycles. The van der Waals surface area contributed by atoms with Gasteiger partial charge in [-0.05, 0) is 44.5 Å². The quantitative estimate of drug-likeness (QED) is 0.863. The van der Waals surface area contributed by atoms with Gasteiger partial charge >= 0.3 is 0 Å². The van der Waals surface area contributed by atoms with Crippen LogP contribution in [0.4, 0.5) is 18.9 Å². The van der Waals surface area contributed by atoms with E-state index < -0.39 is 35.4 Å². The Kier molecular flexibility index (Phi) is 5.62. The molecule has 6 heteroatoms. The van der Waals surface area contributed by atoms with Gasteiger partial charge in [0.2, 0.25) is 5.91 Å². The lowest BCUT2D eigenvalue weighted by molar-refractivity contribution is -0.118. The van der Waals surface area contributed by atoms with Crippen molar-refractivity contribution >= 4 is 11.6 Å². The summed E-state index contributed by atoms with van der Waals surface area (Å²) in [5, 5.41) is 5.40. The van der Waals surface area contributed by atoms with Crippen LogP contribution in [0.2, 0.25) is 0 Å². The van der Waals surface area contributed by atoms with Gasteiger partial charge in [0, 0.05) is 17.7 Å². The van der Waals surface area contributed by atoms with E-state index in [1.165, 1.54) is 18.2 Å². The summed E-state index contributed by atoms with van der Waals surface area (Å²) < 4.78 is 40.5. The molecule has 128 valence electrons. The van der Waals surface area contributed by atoms with Crippen molar-refractivity contribution < 1.29 is 18.0 Å². The normalized spacial score (nSPS) is 13.4. The molecule has 0 bridgehead atoms. The minimum atomic E-state index is -0.704. The molecule has 0 saturated carbocycles. The van der Waals surface area contributed by atoms with E-state index in [0.717, 1.165) is 17.7 Å². The van der Waals surface area contributed by atoms with Gasteiger partial charge in [-0.2, -0.15) is 0 Å². The first kappa shape index (κ1) is 18.0. The van der Waals surface area contributed by atoms with Gasteiger partial charge in [-0.25, -0.2) is 13.2 Å². The molecule has 3 nitrogen and oxygen atoms in total. The number of carbonyl (C=O) groups excluding carboxylic acids is 1. The predicted octanol–water partition coefficient (Wildman–Crippen LogP) is 4.09. The van der Waals surface area contributed by atoms with E-state index in [1.54, 1.807) is 26.8 Å². The van der Waals surface area contributed by atoms with Gasteiger partial charge in [0.25, 0.3) is 0 Å². The number of rotatable bonds is 5. The maximum atomic E-state index is 13.8. The average molecular weight is 336 g/mol. The Labute approximate surface area is 138 Å². The maximum Gasteiger partial charge on any atom is 0.241 e. The highest BCUT2D eigenvalue weighted by Crippen LogP contribution is 2.19. The molecule has 2 atom stereocenters. The summed E-state index contributed by atoms with van der Waals surface area (Å²) in [5.41, 5.74) is 1.08. The number of anilines is 1. The molecule has 2 unspecified atom stereocenters. The number of benzene rings is 2. The number of nitrogens with one attached hydrogen (secondary N) is 2.